The van der Waals surface area contributed by atoms with Crippen molar-refractivity contribution in [3.05, 3.63) is 64.8 Å². The molecule has 0 bridgehead atoms. The van der Waals surface area contributed by atoms with Gasteiger partial charge in [-0.15, -0.1) is 0 Å². The van der Waals surface area contributed by atoms with E-state index in [2.05, 4.69) is 25.9 Å². The number of nitrogens with zero attached hydrogens (tertiary/aromatic N) is 2. The van der Waals surface area contributed by atoms with Crippen molar-refractivity contribution in [1.29, 1.82) is 0 Å². The van der Waals surface area contributed by atoms with Crippen LogP contribution in [0.25, 0.3) is 0 Å². The SMILES string of the molecule is NC(=O)C(=O)c1ccccc1Nc1nc(Nc2ccc(C3CCNCC3)c(O)c2)ncc1Cl. The second kappa shape index (κ2) is 9.85. The van der Waals surface area contributed by atoms with Crippen LogP contribution in [0.1, 0.15) is 34.7 Å². The largest absolute Gasteiger partial charge is 0.508 e. The van der Waals surface area contributed by atoms with E-state index in [0.29, 0.717) is 17.3 Å². The van der Waals surface area contributed by atoms with Gasteiger partial charge in [0, 0.05) is 11.8 Å². The maximum Gasteiger partial charge on any atom is 0.289 e. The number of aromatic nitrogens is 2. The number of ketones is 1. The molecule has 2 aromatic carbocycles. The molecule has 9 nitrogen and oxygen atoms in total. The number of hydrogen-bond donors (Lipinski definition) is 5. The highest BCUT2D eigenvalue weighted by molar-refractivity contribution is 6.43. The number of phenols is 1. The number of primary amides is 1. The molecule has 0 aliphatic carbocycles. The second-order valence-electron chi connectivity index (χ2n) is 7.68. The van der Waals surface area contributed by atoms with Gasteiger partial charge >= 0.3 is 0 Å². The normalized spacial score (nSPS) is 14.0. The van der Waals surface area contributed by atoms with Crippen molar-refractivity contribution in [3.8, 4) is 5.75 Å². The molecule has 1 saturated heterocycles. The number of halogens is 1. The van der Waals surface area contributed by atoms with Crippen LogP contribution in [0.15, 0.2) is 48.7 Å². The van der Waals surface area contributed by atoms with Crippen molar-refractivity contribution in [1.82, 2.24) is 15.3 Å². The molecule has 0 spiro atoms. The van der Waals surface area contributed by atoms with Crippen LogP contribution in [0.2, 0.25) is 5.02 Å². The van der Waals surface area contributed by atoms with Gasteiger partial charge in [0.05, 0.1) is 17.4 Å². The first-order valence-electron chi connectivity index (χ1n) is 10.5. The number of piperidine rings is 1. The summed E-state index contributed by atoms with van der Waals surface area (Å²) in [5, 5.41) is 20.1. The lowest BCUT2D eigenvalue weighted by molar-refractivity contribution is -0.114. The van der Waals surface area contributed by atoms with E-state index in [-0.39, 0.29) is 28.1 Å². The second-order valence-corrected chi connectivity index (χ2v) is 8.08. The molecule has 0 atom stereocenters. The molecule has 2 heterocycles. The summed E-state index contributed by atoms with van der Waals surface area (Å²) in [6.45, 7) is 1.87. The number of para-hydroxylation sites is 1. The number of anilines is 4. The zero-order chi connectivity index (χ0) is 23.4. The van der Waals surface area contributed by atoms with Gasteiger partial charge in [0.1, 0.15) is 10.8 Å². The van der Waals surface area contributed by atoms with E-state index >= 15 is 0 Å². The predicted octanol–water partition coefficient (Wildman–Crippen LogP) is 3.46. The number of rotatable bonds is 7. The first kappa shape index (κ1) is 22.5. The molecule has 3 aromatic rings. The van der Waals surface area contributed by atoms with Crippen LogP contribution in [-0.4, -0.2) is 39.9 Å². The molecule has 4 rings (SSSR count). The first-order chi connectivity index (χ1) is 15.9. The quantitative estimate of drug-likeness (QED) is 0.263. The molecule has 1 amide bonds. The number of aromatic hydroxyl groups is 1. The Balaban J connectivity index is 1.54. The van der Waals surface area contributed by atoms with E-state index in [1.165, 1.54) is 12.3 Å². The van der Waals surface area contributed by atoms with Crippen LogP contribution in [-0.2, 0) is 4.79 Å². The number of nitrogens with one attached hydrogen (secondary N) is 3. The molecular formula is C23H23ClN6O3. The molecule has 1 aromatic heterocycles. The highest BCUT2D eigenvalue weighted by Gasteiger charge is 2.19. The summed E-state index contributed by atoms with van der Waals surface area (Å²) < 4.78 is 0. The van der Waals surface area contributed by atoms with E-state index in [1.54, 1.807) is 24.3 Å². The summed E-state index contributed by atoms with van der Waals surface area (Å²) in [6, 6.07) is 11.8. The standard InChI is InChI=1S/C23H23ClN6O3/c24-17-12-27-23(28-14-5-6-15(19(31)11-14)13-7-9-26-10-8-13)30-22(17)29-18-4-2-1-3-16(18)20(32)21(25)33/h1-6,11-13,26,31H,7-10H2,(H2,25,33)(H2,27,28,29,30). The Morgan fingerprint density at radius 1 is 1.12 bits per heavy atom. The molecule has 1 aliphatic rings. The Kier molecular flexibility index (Phi) is 6.71. The van der Waals surface area contributed by atoms with Gasteiger partial charge in [-0.25, -0.2) is 4.98 Å². The predicted molar refractivity (Wildman–Crippen MR) is 127 cm³/mol. The maximum atomic E-state index is 12.1. The number of Topliss-reactive ketones (excluding diaryl/α,β-unsaturated/α-hetero) is 1. The summed E-state index contributed by atoms with van der Waals surface area (Å²) in [4.78, 5) is 32.0. The lowest BCUT2D eigenvalue weighted by Crippen LogP contribution is -2.26. The average molecular weight is 467 g/mol. The van der Waals surface area contributed by atoms with Crippen molar-refractivity contribution in [2.45, 2.75) is 18.8 Å². The lowest BCUT2D eigenvalue weighted by Gasteiger charge is -2.24. The highest BCUT2D eigenvalue weighted by Crippen LogP contribution is 2.34. The van der Waals surface area contributed by atoms with Crippen LogP contribution in [0.5, 0.6) is 5.75 Å². The van der Waals surface area contributed by atoms with E-state index in [0.717, 1.165) is 31.5 Å². The third-order valence-corrected chi connectivity index (χ3v) is 5.73. The van der Waals surface area contributed by atoms with E-state index in [1.807, 2.05) is 12.1 Å². The van der Waals surface area contributed by atoms with Crippen molar-refractivity contribution in [2.75, 3.05) is 23.7 Å². The van der Waals surface area contributed by atoms with Gasteiger partial charge in [-0.05, 0) is 55.6 Å². The number of carbonyl (C=O) groups excluding carboxylic acids is 2. The number of nitrogens with two attached hydrogens (primary N) is 1. The average Bonchev–Trinajstić information content (AvgIpc) is 2.82. The Morgan fingerprint density at radius 3 is 2.61 bits per heavy atom. The molecule has 1 fully saturated rings. The molecule has 0 radical (unpaired) electrons. The third-order valence-electron chi connectivity index (χ3n) is 5.46. The van der Waals surface area contributed by atoms with Gasteiger partial charge in [0.2, 0.25) is 5.95 Å². The zero-order valence-electron chi connectivity index (χ0n) is 17.6. The maximum absolute atomic E-state index is 12.1. The van der Waals surface area contributed by atoms with Crippen LogP contribution < -0.4 is 21.7 Å². The van der Waals surface area contributed by atoms with Gasteiger partial charge in [-0.1, -0.05) is 29.8 Å². The van der Waals surface area contributed by atoms with Gasteiger partial charge in [0.15, 0.2) is 5.82 Å². The fourth-order valence-corrected chi connectivity index (χ4v) is 3.93. The fourth-order valence-electron chi connectivity index (χ4n) is 3.79. The number of amides is 1. The Hall–Kier alpha value is -3.69. The summed E-state index contributed by atoms with van der Waals surface area (Å²) >= 11 is 6.24. The van der Waals surface area contributed by atoms with Crippen LogP contribution >= 0.6 is 11.6 Å². The molecular weight excluding hydrogens is 444 g/mol. The summed E-state index contributed by atoms with van der Waals surface area (Å²) in [5.74, 6) is -0.882. The lowest BCUT2D eigenvalue weighted by atomic mass is 9.89. The molecule has 33 heavy (non-hydrogen) atoms. The smallest absolute Gasteiger partial charge is 0.289 e. The third kappa shape index (κ3) is 5.21. The van der Waals surface area contributed by atoms with Crippen LogP contribution in [0.4, 0.5) is 23.1 Å². The zero-order valence-corrected chi connectivity index (χ0v) is 18.4. The van der Waals surface area contributed by atoms with Crippen LogP contribution in [0.3, 0.4) is 0 Å². The summed E-state index contributed by atoms with van der Waals surface area (Å²) in [5.41, 5.74) is 7.12. The van der Waals surface area contributed by atoms with Crippen molar-refractivity contribution < 1.29 is 14.7 Å². The molecule has 10 heteroatoms. The van der Waals surface area contributed by atoms with E-state index in [9.17, 15) is 14.7 Å². The summed E-state index contributed by atoms with van der Waals surface area (Å²) in [6.07, 6.45) is 3.37. The molecule has 0 unspecified atom stereocenters. The van der Waals surface area contributed by atoms with Gasteiger partial charge in [0.25, 0.3) is 11.7 Å². The first-order valence-corrected chi connectivity index (χ1v) is 10.8. The minimum atomic E-state index is -1.06. The van der Waals surface area contributed by atoms with Crippen molar-refractivity contribution in [2.24, 2.45) is 5.73 Å². The minimum absolute atomic E-state index is 0.104. The Morgan fingerprint density at radius 2 is 1.88 bits per heavy atom. The number of benzene rings is 2. The van der Waals surface area contributed by atoms with E-state index < -0.39 is 11.7 Å². The monoisotopic (exact) mass is 466 g/mol. The van der Waals surface area contributed by atoms with Gasteiger partial charge in [-0.3, -0.25) is 9.59 Å². The highest BCUT2D eigenvalue weighted by atomic mass is 35.5. The topological polar surface area (TPSA) is 142 Å². The van der Waals surface area contributed by atoms with Crippen LogP contribution in [0, 0.1) is 0 Å². The number of hydrogen-bond acceptors (Lipinski definition) is 8. The Bertz CT molecular complexity index is 1200. The summed E-state index contributed by atoms with van der Waals surface area (Å²) in [7, 11) is 0. The molecule has 6 N–H and O–H groups in total. The van der Waals surface area contributed by atoms with Crippen molar-refractivity contribution in [3.63, 3.8) is 0 Å². The molecule has 0 saturated carbocycles. The molecule has 170 valence electrons. The minimum Gasteiger partial charge on any atom is -0.508 e. The number of phenolic OH excluding ortho intramolecular Hbond substituents is 1. The number of carbonyl (C=O) groups is 2. The Labute approximate surface area is 195 Å². The van der Waals surface area contributed by atoms with Crippen molar-refractivity contribution >= 4 is 46.4 Å². The van der Waals surface area contributed by atoms with E-state index in [4.69, 9.17) is 17.3 Å². The molecule has 1 aliphatic heterocycles. The van der Waals surface area contributed by atoms with Gasteiger partial charge in [-0.2, -0.15) is 4.98 Å². The van der Waals surface area contributed by atoms with Gasteiger partial charge < -0.3 is 26.8 Å². The fraction of sp³-hybridized carbons (Fsp3) is 0.217.